The molecule has 0 N–H and O–H groups in total. The van der Waals surface area contributed by atoms with Gasteiger partial charge in [-0.2, -0.15) is 4.98 Å². The number of ether oxygens (including phenoxy) is 1. The molecule has 2 aromatic rings. The molecular weight excluding hydrogens is 345 g/mol. The Morgan fingerprint density at radius 3 is 2.71 bits per heavy atom. The van der Waals surface area contributed by atoms with Crippen LogP contribution in [0, 0.1) is 0 Å². The van der Waals surface area contributed by atoms with E-state index in [0.29, 0.717) is 30.1 Å². The molecule has 1 aliphatic carbocycles. The molecule has 0 bridgehead atoms. The van der Waals surface area contributed by atoms with Gasteiger partial charge in [0.15, 0.2) is 5.82 Å². The fraction of sp³-hybridized carbons (Fsp3) is 0.467. The first-order valence-electron chi connectivity index (χ1n) is 7.28. The molecule has 1 unspecified atom stereocenters. The van der Waals surface area contributed by atoms with Crippen molar-refractivity contribution in [2.75, 3.05) is 6.26 Å². The van der Waals surface area contributed by atoms with Gasteiger partial charge in [0, 0.05) is 17.1 Å². The van der Waals surface area contributed by atoms with Crippen LogP contribution in [0.2, 0.25) is 0 Å². The van der Waals surface area contributed by atoms with Gasteiger partial charge in [-0.25, -0.2) is 0 Å². The second-order valence-electron chi connectivity index (χ2n) is 5.74. The highest BCUT2D eigenvalue weighted by molar-refractivity contribution is 7.83. The second-order valence-corrected chi connectivity index (χ2v) is 7.18. The van der Waals surface area contributed by atoms with Crippen molar-refractivity contribution in [3.63, 3.8) is 0 Å². The summed E-state index contributed by atoms with van der Waals surface area (Å²) in [5, 5.41) is 3.82. The maximum absolute atomic E-state index is 12.4. The van der Waals surface area contributed by atoms with Crippen LogP contribution in [0.3, 0.4) is 0 Å². The zero-order valence-electron chi connectivity index (χ0n) is 12.8. The van der Waals surface area contributed by atoms with Crippen LogP contribution in [0.25, 0.3) is 0 Å². The lowest BCUT2D eigenvalue weighted by atomic mass is 9.64. The molecule has 1 aromatic carbocycles. The van der Waals surface area contributed by atoms with Gasteiger partial charge in [-0.1, -0.05) is 23.7 Å². The summed E-state index contributed by atoms with van der Waals surface area (Å²) < 4.78 is 57.8. The molecule has 1 fully saturated rings. The van der Waals surface area contributed by atoms with Crippen LogP contribution in [0.15, 0.2) is 28.8 Å². The summed E-state index contributed by atoms with van der Waals surface area (Å²) in [6.45, 7) is 0. The van der Waals surface area contributed by atoms with Gasteiger partial charge in [0.1, 0.15) is 5.75 Å². The minimum absolute atomic E-state index is 0.177. The molecule has 1 heterocycles. The van der Waals surface area contributed by atoms with Gasteiger partial charge in [0.2, 0.25) is 5.89 Å². The Labute approximate surface area is 138 Å². The van der Waals surface area contributed by atoms with E-state index in [9.17, 15) is 17.4 Å². The average Bonchev–Trinajstić information content (AvgIpc) is 2.83. The standard InChI is InChI=1S/C15H15F3N2O3S/c1-24(21)9-12-19-13(23-20-12)14(6-3-7-14)10-4-2-5-11(8-10)22-15(16,17)18/h2,4-5,8H,3,6-7,9H2,1H3. The van der Waals surface area contributed by atoms with Crippen LogP contribution in [0.5, 0.6) is 5.75 Å². The third-order valence-corrected chi connectivity index (χ3v) is 4.70. The predicted molar refractivity (Wildman–Crippen MR) is 79.8 cm³/mol. The number of benzene rings is 1. The van der Waals surface area contributed by atoms with E-state index in [0.717, 1.165) is 6.42 Å². The molecule has 0 saturated heterocycles. The molecule has 0 spiro atoms. The first kappa shape index (κ1) is 16.9. The minimum Gasteiger partial charge on any atom is -0.406 e. The maximum atomic E-state index is 12.4. The van der Waals surface area contributed by atoms with Gasteiger partial charge in [-0.15, -0.1) is 13.2 Å². The summed E-state index contributed by atoms with van der Waals surface area (Å²) in [4.78, 5) is 4.29. The molecule has 1 atom stereocenters. The lowest BCUT2D eigenvalue weighted by Crippen LogP contribution is -2.36. The lowest BCUT2D eigenvalue weighted by Gasteiger charge is -2.39. The quantitative estimate of drug-likeness (QED) is 0.818. The van der Waals surface area contributed by atoms with Crippen LogP contribution < -0.4 is 4.74 Å². The summed E-state index contributed by atoms with van der Waals surface area (Å²) in [6.07, 6.45) is -0.915. The van der Waals surface area contributed by atoms with Gasteiger partial charge in [0.25, 0.3) is 0 Å². The Morgan fingerprint density at radius 2 is 2.12 bits per heavy atom. The third-order valence-electron chi connectivity index (χ3n) is 4.04. The average molecular weight is 360 g/mol. The van der Waals surface area contributed by atoms with Crippen LogP contribution in [-0.2, 0) is 22.0 Å². The number of rotatable bonds is 5. The monoisotopic (exact) mass is 360 g/mol. The fourth-order valence-corrected chi connectivity index (χ4v) is 3.32. The van der Waals surface area contributed by atoms with Crippen molar-refractivity contribution in [3.8, 4) is 5.75 Å². The Hall–Kier alpha value is -1.90. The Bertz CT molecular complexity index is 756. The highest BCUT2D eigenvalue weighted by Crippen LogP contribution is 2.49. The van der Waals surface area contributed by atoms with Crippen molar-refractivity contribution in [2.45, 2.75) is 36.8 Å². The number of hydrogen-bond donors (Lipinski definition) is 0. The molecule has 130 valence electrons. The van der Waals surface area contributed by atoms with Crippen molar-refractivity contribution >= 4 is 10.8 Å². The van der Waals surface area contributed by atoms with Gasteiger partial charge < -0.3 is 9.26 Å². The zero-order chi connectivity index (χ0) is 17.4. The molecule has 0 radical (unpaired) electrons. The van der Waals surface area contributed by atoms with Crippen molar-refractivity contribution in [2.24, 2.45) is 0 Å². The topological polar surface area (TPSA) is 65.2 Å². The number of alkyl halides is 3. The van der Waals surface area contributed by atoms with Crippen LogP contribution >= 0.6 is 0 Å². The second kappa shape index (κ2) is 6.19. The van der Waals surface area contributed by atoms with Gasteiger partial charge >= 0.3 is 6.36 Å². The first-order valence-corrected chi connectivity index (χ1v) is 9.01. The van der Waals surface area contributed by atoms with Crippen molar-refractivity contribution < 1.29 is 26.6 Å². The van der Waals surface area contributed by atoms with E-state index in [1.807, 2.05) is 0 Å². The number of halogens is 3. The summed E-state index contributed by atoms with van der Waals surface area (Å²) in [5.74, 6) is 0.579. The zero-order valence-corrected chi connectivity index (χ0v) is 13.6. The smallest absolute Gasteiger partial charge is 0.406 e. The van der Waals surface area contributed by atoms with E-state index in [-0.39, 0.29) is 11.5 Å². The van der Waals surface area contributed by atoms with Crippen molar-refractivity contribution in [1.82, 2.24) is 10.1 Å². The Kier molecular flexibility index (Phi) is 4.37. The van der Waals surface area contributed by atoms with E-state index in [4.69, 9.17) is 4.52 Å². The maximum Gasteiger partial charge on any atom is 0.573 e. The fourth-order valence-electron chi connectivity index (χ4n) is 2.84. The Balaban J connectivity index is 1.92. The minimum atomic E-state index is -4.74. The molecule has 1 aromatic heterocycles. The summed E-state index contributed by atoms with van der Waals surface area (Å²) >= 11 is 0. The summed E-state index contributed by atoms with van der Waals surface area (Å²) in [5.41, 5.74) is 0.0363. The molecule has 0 amide bonds. The Morgan fingerprint density at radius 1 is 1.38 bits per heavy atom. The summed E-state index contributed by atoms with van der Waals surface area (Å²) in [6, 6.07) is 5.84. The number of aromatic nitrogens is 2. The van der Waals surface area contributed by atoms with E-state index < -0.39 is 22.6 Å². The molecule has 1 saturated carbocycles. The van der Waals surface area contributed by atoms with E-state index in [1.54, 1.807) is 6.07 Å². The molecule has 24 heavy (non-hydrogen) atoms. The molecule has 5 nitrogen and oxygen atoms in total. The molecular formula is C15H15F3N2O3S. The first-order chi connectivity index (χ1) is 11.3. The normalized spacial score (nSPS) is 18.0. The predicted octanol–water partition coefficient (Wildman–Crippen LogP) is 3.32. The molecule has 1 aliphatic rings. The largest absolute Gasteiger partial charge is 0.573 e. The van der Waals surface area contributed by atoms with Crippen LogP contribution in [0.4, 0.5) is 13.2 Å². The molecule has 9 heteroatoms. The van der Waals surface area contributed by atoms with Crippen molar-refractivity contribution in [3.05, 3.63) is 41.5 Å². The van der Waals surface area contributed by atoms with Gasteiger partial charge in [-0.05, 0) is 30.5 Å². The molecule has 0 aliphatic heterocycles. The highest BCUT2D eigenvalue weighted by atomic mass is 32.2. The highest BCUT2D eigenvalue weighted by Gasteiger charge is 2.45. The van der Waals surface area contributed by atoms with Crippen LogP contribution in [0.1, 0.15) is 36.5 Å². The number of hydrogen-bond acceptors (Lipinski definition) is 5. The third kappa shape index (κ3) is 3.45. The number of nitrogens with zero attached hydrogens (tertiary/aromatic N) is 2. The summed E-state index contributed by atoms with van der Waals surface area (Å²) in [7, 11) is -1.10. The van der Waals surface area contributed by atoms with Gasteiger partial charge in [-0.3, -0.25) is 4.21 Å². The van der Waals surface area contributed by atoms with Crippen molar-refractivity contribution in [1.29, 1.82) is 0 Å². The van der Waals surface area contributed by atoms with E-state index in [1.165, 1.54) is 24.5 Å². The lowest BCUT2D eigenvalue weighted by molar-refractivity contribution is -0.274. The van der Waals surface area contributed by atoms with Crippen LogP contribution in [-0.4, -0.2) is 27.0 Å². The van der Waals surface area contributed by atoms with Gasteiger partial charge in [0.05, 0.1) is 11.2 Å². The van der Waals surface area contributed by atoms with E-state index >= 15 is 0 Å². The van der Waals surface area contributed by atoms with E-state index in [2.05, 4.69) is 14.9 Å². The SMILES string of the molecule is CS(=O)Cc1noc(C2(c3cccc(OC(F)(F)F)c3)CCC2)n1. The molecule has 3 rings (SSSR count).